The van der Waals surface area contributed by atoms with E-state index < -0.39 is 11.9 Å². The average molecular weight is 537 g/mol. The van der Waals surface area contributed by atoms with Gasteiger partial charge in [-0.05, 0) is 38.5 Å². The van der Waals surface area contributed by atoms with Crippen molar-refractivity contribution in [2.24, 2.45) is 5.92 Å². The highest BCUT2D eigenvalue weighted by Crippen LogP contribution is 2.17. The standard InChI is InChI=1S/C34H64O4/c1-3-5-6-7-8-9-10-11-12-13-14-15-16-17-18-19-20-21-22-23-24-25-26-27-28-29-32(31-33(35)36)34(37)38-30-4-2/h24-25,32H,3-23,26-31H2,1-2H3,(H,35,36)/b25-24+. The first kappa shape index (κ1) is 36.7. The van der Waals surface area contributed by atoms with Crippen molar-refractivity contribution < 1.29 is 19.4 Å². The van der Waals surface area contributed by atoms with Crippen molar-refractivity contribution in [3.63, 3.8) is 0 Å². The number of hydrogen-bond donors (Lipinski definition) is 1. The normalized spacial score (nSPS) is 12.3. The lowest BCUT2D eigenvalue weighted by atomic mass is 9.98. The smallest absolute Gasteiger partial charge is 0.309 e. The fourth-order valence-electron chi connectivity index (χ4n) is 5.06. The summed E-state index contributed by atoms with van der Waals surface area (Å²) in [7, 11) is 0. The zero-order valence-electron chi connectivity index (χ0n) is 25.5. The number of carbonyl (C=O) groups is 2. The van der Waals surface area contributed by atoms with Gasteiger partial charge in [0.15, 0.2) is 0 Å². The quantitative estimate of drug-likeness (QED) is 0.0563. The number of hydrogen-bond acceptors (Lipinski definition) is 3. The highest BCUT2D eigenvalue weighted by molar-refractivity contribution is 5.79. The molecule has 0 amide bonds. The lowest BCUT2D eigenvalue weighted by Gasteiger charge is -2.13. The number of rotatable bonds is 30. The van der Waals surface area contributed by atoms with Gasteiger partial charge in [0, 0.05) is 0 Å². The molecule has 0 saturated heterocycles. The SMILES string of the molecule is CCCCCCCCCCCCCCCCCCCCC/C=C/CCCCC(CC(=O)O)C(=O)OCCC. The van der Waals surface area contributed by atoms with Crippen molar-refractivity contribution in [3.8, 4) is 0 Å². The van der Waals surface area contributed by atoms with Crippen molar-refractivity contribution in [1.82, 2.24) is 0 Å². The molecule has 0 aliphatic rings. The molecule has 1 unspecified atom stereocenters. The summed E-state index contributed by atoms with van der Waals surface area (Å²) in [6.45, 7) is 4.60. The molecular weight excluding hydrogens is 472 g/mol. The van der Waals surface area contributed by atoms with Crippen LogP contribution in [0, 0.1) is 5.92 Å². The Bertz CT molecular complexity index is 543. The summed E-state index contributed by atoms with van der Waals surface area (Å²) in [5.74, 6) is -1.79. The van der Waals surface area contributed by atoms with Crippen LogP contribution in [0.15, 0.2) is 12.2 Å². The molecule has 0 aromatic rings. The lowest BCUT2D eigenvalue weighted by molar-refractivity contribution is -0.153. The van der Waals surface area contributed by atoms with E-state index in [0.717, 1.165) is 32.1 Å². The van der Waals surface area contributed by atoms with Crippen molar-refractivity contribution >= 4 is 11.9 Å². The van der Waals surface area contributed by atoms with E-state index >= 15 is 0 Å². The second kappa shape index (κ2) is 30.2. The molecule has 0 rings (SSSR count). The number of ether oxygens (including phenoxy) is 1. The van der Waals surface area contributed by atoms with Crippen LogP contribution in [-0.4, -0.2) is 23.7 Å². The summed E-state index contributed by atoms with van der Waals surface area (Å²) in [5, 5.41) is 9.03. The van der Waals surface area contributed by atoms with E-state index in [1.807, 2.05) is 6.92 Å². The van der Waals surface area contributed by atoms with Crippen LogP contribution in [0.5, 0.6) is 0 Å². The number of carboxylic acids is 1. The molecule has 0 spiro atoms. The van der Waals surface area contributed by atoms with E-state index in [9.17, 15) is 9.59 Å². The number of allylic oxidation sites excluding steroid dienone is 2. The molecule has 0 radical (unpaired) electrons. The van der Waals surface area contributed by atoms with Crippen molar-refractivity contribution in [2.45, 2.75) is 181 Å². The predicted octanol–water partition coefficient (Wildman–Crippen LogP) is 11.0. The maximum absolute atomic E-state index is 12.0. The monoisotopic (exact) mass is 536 g/mol. The molecular formula is C34H64O4. The zero-order chi connectivity index (χ0) is 27.9. The Morgan fingerprint density at radius 2 is 0.974 bits per heavy atom. The number of unbranched alkanes of at least 4 members (excludes halogenated alkanes) is 21. The van der Waals surface area contributed by atoms with Crippen LogP contribution in [0.4, 0.5) is 0 Å². The first-order chi connectivity index (χ1) is 18.6. The maximum atomic E-state index is 12.0. The third kappa shape index (κ3) is 27.7. The van der Waals surface area contributed by atoms with E-state index in [1.165, 1.54) is 122 Å². The number of esters is 1. The Morgan fingerprint density at radius 1 is 0.579 bits per heavy atom. The topological polar surface area (TPSA) is 63.6 Å². The van der Waals surface area contributed by atoms with Gasteiger partial charge in [0.2, 0.25) is 0 Å². The van der Waals surface area contributed by atoms with Crippen LogP contribution in [-0.2, 0) is 14.3 Å². The minimum Gasteiger partial charge on any atom is -0.481 e. The molecule has 0 aliphatic carbocycles. The summed E-state index contributed by atoms with van der Waals surface area (Å²) in [4.78, 5) is 23.0. The van der Waals surface area contributed by atoms with Crippen LogP contribution in [0.2, 0.25) is 0 Å². The minimum atomic E-state index is -0.928. The van der Waals surface area contributed by atoms with Crippen molar-refractivity contribution in [2.75, 3.05) is 6.61 Å². The summed E-state index contributed by atoms with van der Waals surface area (Å²) in [6.07, 6.45) is 36.7. The van der Waals surface area contributed by atoms with E-state index in [2.05, 4.69) is 19.1 Å². The van der Waals surface area contributed by atoms with Gasteiger partial charge in [-0.15, -0.1) is 0 Å². The molecule has 0 bridgehead atoms. The van der Waals surface area contributed by atoms with Crippen LogP contribution in [0.1, 0.15) is 181 Å². The van der Waals surface area contributed by atoms with E-state index in [1.54, 1.807) is 0 Å². The fourth-order valence-corrected chi connectivity index (χ4v) is 5.06. The predicted molar refractivity (Wildman–Crippen MR) is 163 cm³/mol. The van der Waals surface area contributed by atoms with E-state index in [4.69, 9.17) is 9.84 Å². The second-order valence-electron chi connectivity index (χ2n) is 11.4. The first-order valence-corrected chi connectivity index (χ1v) is 16.6. The third-order valence-corrected chi connectivity index (χ3v) is 7.52. The first-order valence-electron chi connectivity index (χ1n) is 16.6. The van der Waals surface area contributed by atoms with Crippen LogP contribution >= 0.6 is 0 Å². The number of carbonyl (C=O) groups excluding carboxylic acids is 1. The molecule has 0 saturated carbocycles. The van der Waals surface area contributed by atoms with Gasteiger partial charge in [0.05, 0.1) is 18.9 Å². The molecule has 0 fully saturated rings. The summed E-state index contributed by atoms with van der Waals surface area (Å²) >= 11 is 0. The van der Waals surface area contributed by atoms with Crippen LogP contribution in [0.3, 0.4) is 0 Å². The average Bonchev–Trinajstić information content (AvgIpc) is 2.90. The zero-order valence-corrected chi connectivity index (χ0v) is 25.5. The second-order valence-corrected chi connectivity index (χ2v) is 11.4. The fraction of sp³-hybridized carbons (Fsp3) is 0.882. The number of aliphatic carboxylic acids is 1. The highest BCUT2D eigenvalue weighted by atomic mass is 16.5. The van der Waals surface area contributed by atoms with E-state index in [0.29, 0.717) is 13.0 Å². The van der Waals surface area contributed by atoms with Crippen LogP contribution in [0.25, 0.3) is 0 Å². The Balaban J connectivity index is 3.38. The van der Waals surface area contributed by atoms with Crippen molar-refractivity contribution in [3.05, 3.63) is 12.2 Å². The van der Waals surface area contributed by atoms with Gasteiger partial charge in [-0.1, -0.05) is 148 Å². The lowest BCUT2D eigenvalue weighted by Crippen LogP contribution is -2.21. The molecule has 0 heterocycles. The Morgan fingerprint density at radius 3 is 1.37 bits per heavy atom. The molecule has 1 N–H and O–H groups in total. The molecule has 1 atom stereocenters. The summed E-state index contributed by atoms with van der Waals surface area (Å²) < 4.78 is 5.15. The van der Waals surface area contributed by atoms with Gasteiger partial charge in [-0.3, -0.25) is 9.59 Å². The molecule has 38 heavy (non-hydrogen) atoms. The Hall–Kier alpha value is -1.32. The van der Waals surface area contributed by atoms with E-state index in [-0.39, 0.29) is 12.4 Å². The summed E-state index contributed by atoms with van der Waals surface area (Å²) in [6, 6.07) is 0. The van der Waals surface area contributed by atoms with Crippen LogP contribution < -0.4 is 0 Å². The third-order valence-electron chi connectivity index (χ3n) is 7.52. The highest BCUT2D eigenvalue weighted by Gasteiger charge is 2.22. The molecule has 0 aromatic carbocycles. The molecule has 224 valence electrons. The van der Waals surface area contributed by atoms with Crippen molar-refractivity contribution in [1.29, 1.82) is 0 Å². The van der Waals surface area contributed by atoms with Gasteiger partial charge in [0.1, 0.15) is 0 Å². The summed E-state index contributed by atoms with van der Waals surface area (Å²) in [5.41, 5.74) is 0. The molecule has 4 nitrogen and oxygen atoms in total. The molecule has 0 aromatic heterocycles. The minimum absolute atomic E-state index is 0.127. The van der Waals surface area contributed by atoms with Gasteiger partial charge < -0.3 is 9.84 Å². The van der Waals surface area contributed by atoms with Gasteiger partial charge in [-0.25, -0.2) is 0 Å². The largest absolute Gasteiger partial charge is 0.481 e. The number of carboxylic acid groups (broad SMARTS) is 1. The molecule has 0 aliphatic heterocycles. The Kier molecular flexibility index (Phi) is 29.2. The molecule has 4 heteroatoms. The maximum Gasteiger partial charge on any atom is 0.309 e. The van der Waals surface area contributed by atoms with Gasteiger partial charge in [-0.2, -0.15) is 0 Å². The van der Waals surface area contributed by atoms with Gasteiger partial charge >= 0.3 is 11.9 Å². The Labute approximate surface area is 236 Å². The van der Waals surface area contributed by atoms with Gasteiger partial charge in [0.25, 0.3) is 0 Å².